The smallest absolute Gasteiger partial charge is 0.345 e. The van der Waals surface area contributed by atoms with E-state index in [1.54, 1.807) is 0 Å². The van der Waals surface area contributed by atoms with Crippen LogP contribution in [0.15, 0.2) is 100 Å². The second kappa shape index (κ2) is 6.78. The summed E-state index contributed by atoms with van der Waals surface area (Å²) < 4.78 is 6.10. The molecule has 0 aliphatic heterocycles. The van der Waals surface area contributed by atoms with Gasteiger partial charge in [-0.1, -0.05) is 66.7 Å². The molecule has 4 aromatic carbocycles. The van der Waals surface area contributed by atoms with Crippen LogP contribution in [0.4, 0.5) is 0 Å². The van der Waals surface area contributed by atoms with Gasteiger partial charge in [0.15, 0.2) is 0 Å². The summed E-state index contributed by atoms with van der Waals surface area (Å²) >= 11 is 0. The van der Waals surface area contributed by atoms with E-state index >= 15 is 0 Å². The summed E-state index contributed by atoms with van der Waals surface area (Å²) in [6.07, 6.45) is 0.692. The highest BCUT2D eigenvalue weighted by molar-refractivity contribution is 6.06. The van der Waals surface area contributed by atoms with Gasteiger partial charge in [0.05, 0.1) is 5.69 Å². The Morgan fingerprint density at radius 3 is 2.42 bits per heavy atom. The predicted octanol–water partition coefficient (Wildman–Crippen LogP) is 6.57. The molecule has 0 amide bonds. The van der Waals surface area contributed by atoms with E-state index in [-0.39, 0.29) is 5.69 Å². The molecule has 33 heavy (non-hydrogen) atoms. The first kappa shape index (κ1) is 18.2. The third kappa shape index (κ3) is 2.77. The second-order valence-corrected chi connectivity index (χ2v) is 8.47. The molecule has 0 unspecified atom stereocenters. The number of para-hydroxylation sites is 1. The molecular weight excluding hydrogens is 408 g/mol. The van der Waals surface area contributed by atoms with Crippen molar-refractivity contribution < 1.29 is 4.42 Å². The number of aromatic nitrogens is 2. The van der Waals surface area contributed by atoms with Crippen molar-refractivity contribution in [3.05, 3.63) is 113 Å². The Morgan fingerprint density at radius 2 is 1.52 bits per heavy atom. The molecule has 2 aromatic heterocycles. The minimum atomic E-state index is -0.329. The third-order valence-electron chi connectivity index (χ3n) is 6.52. The number of rotatable bonds is 2. The molecular formula is C29H18N2O2. The lowest BCUT2D eigenvalue weighted by Crippen LogP contribution is -2.14. The monoisotopic (exact) mass is 426 g/mol. The lowest BCUT2D eigenvalue weighted by Gasteiger charge is -2.10. The van der Waals surface area contributed by atoms with Gasteiger partial charge >= 0.3 is 5.69 Å². The van der Waals surface area contributed by atoms with Crippen molar-refractivity contribution in [1.29, 1.82) is 0 Å². The average Bonchev–Trinajstić information content (AvgIpc) is 3.41. The summed E-state index contributed by atoms with van der Waals surface area (Å²) in [7, 11) is 0. The highest BCUT2D eigenvalue weighted by Crippen LogP contribution is 2.43. The van der Waals surface area contributed by atoms with Crippen molar-refractivity contribution in [1.82, 2.24) is 9.97 Å². The van der Waals surface area contributed by atoms with Crippen LogP contribution in [0.3, 0.4) is 0 Å². The van der Waals surface area contributed by atoms with Crippen LogP contribution in [-0.2, 0) is 6.42 Å². The largest absolute Gasteiger partial charge is 0.456 e. The Bertz CT molecular complexity index is 1760. The molecule has 0 fully saturated rings. The van der Waals surface area contributed by atoms with E-state index in [0.29, 0.717) is 12.1 Å². The Kier molecular flexibility index (Phi) is 3.73. The molecule has 6 aromatic rings. The molecule has 4 heteroatoms. The van der Waals surface area contributed by atoms with Gasteiger partial charge in [-0.3, -0.25) is 0 Å². The molecule has 7 rings (SSSR count). The number of H-pyrrole nitrogens is 1. The Morgan fingerprint density at radius 1 is 0.727 bits per heavy atom. The highest BCUT2D eigenvalue weighted by Gasteiger charge is 2.25. The van der Waals surface area contributed by atoms with Crippen LogP contribution in [0, 0.1) is 0 Å². The Balaban J connectivity index is 1.45. The maximum absolute atomic E-state index is 12.5. The molecule has 1 N–H and O–H groups in total. The zero-order valence-corrected chi connectivity index (χ0v) is 17.6. The molecule has 0 saturated carbocycles. The van der Waals surface area contributed by atoms with Crippen LogP contribution in [0.2, 0.25) is 0 Å². The van der Waals surface area contributed by atoms with Crippen molar-refractivity contribution in [2.24, 2.45) is 0 Å². The zero-order chi connectivity index (χ0) is 21.9. The molecule has 1 aliphatic carbocycles. The molecule has 0 bridgehead atoms. The summed E-state index contributed by atoms with van der Waals surface area (Å²) in [6.45, 7) is 0. The van der Waals surface area contributed by atoms with Gasteiger partial charge in [0.2, 0.25) is 0 Å². The first-order chi connectivity index (χ1) is 16.2. The average molecular weight is 426 g/mol. The number of hydrogen-bond acceptors (Lipinski definition) is 3. The number of furan rings is 1. The fourth-order valence-electron chi connectivity index (χ4n) is 4.99. The molecule has 1 aliphatic rings. The number of hydrogen-bond donors (Lipinski definition) is 1. The van der Waals surface area contributed by atoms with Crippen LogP contribution >= 0.6 is 0 Å². The topological polar surface area (TPSA) is 58.9 Å². The van der Waals surface area contributed by atoms with Gasteiger partial charge in [0.1, 0.15) is 11.2 Å². The molecule has 0 radical (unpaired) electrons. The molecule has 2 heterocycles. The Labute approximate surface area is 189 Å². The SMILES string of the molecule is O=c1nc(-c2ccc3c(c2)oc2ccccc23)c2c([nH]1)Cc1ccc(-c3ccccc3)cc1-2. The van der Waals surface area contributed by atoms with E-state index in [2.05, 4.69) is 52.4 Å². The molecule has 0 spiro atoms. The normalized spacial score (nSPS) is 12.2. The van der Waals surface area contributed by atoms with Crippen LogP contribution in [0.25, 0.3) is 55.4 Å². The van der Waals surface area contributed by atoms with Gasteiger partial charge in [-0.05, 0) is 46.5 Å². The first-order valence-electron chi connectivity index (χ1n) is 11.0. The van der Waals surface area contributed by atoms with E-state index in [4.69, 9.17) is 4.42 Å². The first-order valence-corrected chi connectivity index (χ1v) is 11.0. The maximum Gasteiger partial charge on any atom is 0.345 e. The minimum Gasteiger partial charge on any atom is -0.456 e. The van der Waals surface area contributed by atoms with E-state index in [1.165, 1.54) is 5.56 Å². The summed E-state index contributed by atoms with van der Waals surface area (Å²) in [5.41, 5.74) is 9.42. The molecule has 0 saturated heterocycles. The summed E-state index contributed by atoms with van der Waals surface area (Å²) in [6, 6.07) is 30.9. The van der Waals surface area contributed by atoms with Crippen LogP contribution < -0.4 is 5.69 Å². The third-order valence-corrected chi connectivity index (χ3v) is 6.52. The van der Waals surface area contributed by atoms with Crippen LogP contribution in [0.1, 0.15) is 11.3 Å². The summed E-state index contributed by atoms with van der Waals surface area (Å²) in [5.74, 6) is 0. The van der Waals surface area contributed by atoms with Gasteiger partial charge in [-0.25, -0.2) is 4.79 Å². The zero-order valence-electron chi connectivity index (χ0n) is 17.6. The van der Waals surface area contributed by atoms with Crippen molar-refractivity contribution >= 4 is 21.9 Å². The van der Waals surface area contributed by atoms with Gasteiger partial charge in [0, 0.05) is 34.0 Å². The van der Waals surface area contributed by atoms with Crippen molar-refractivity contribution in [3.8, 4) is 33.5 Å². The fourth-order valence-corrected chi connectivity index (χ4v) is 4.99. The predicted molar refractivity (Wildman–Crippen MR) is 131 cm³/mol. The summed E-state index contributed by atoms with van der Waals surface area (Å²) in [4.78, 5) is 19.9. The van der Waals surface area contributed by atoms with E-state index in [9.17, 15) is 4.79 Å². The van der Waals surface area contributed by atoms with Gasteiger partial charge in [0.25, 0.3) is 0 Å². The van der Waals surface area contributed by atoms with Gasteiger partial charge in [-0.2, -0.15) is 4.98 Å². The second-order valence-electron chi connectivity index (χ2n) is 8.47. The highest BCUT2D eigenvalue weighted by atomic mass is 16.3. The number of aromatic amines is 1. The van der Waals surface area contributed by atoms with Crippen LogP contribution in [0.5, 0.6) is 0 Å². The molecule has 4 nitrogen and oxygen atoms in total. The number of fused-ring (bicyclic) bond motifs is 6. The van der Waals surface area contributed by atoms with E-state index < -0.39 is 0 Å². The fraction of sp³-hybridized carbons (Fsp3) is 0.0345. The minimum absolute atomic E-state index is 0.329. The van der Waals surface area contributed by atoms with E-state index in [1.807, 2.05) is 48.5 Å². The number of nitrogens with zero attached hydrogens (tertiary/aromatic N) is 1. The lowest BCUT2D eigenvalue weighted by molar-refractivity contribution is 0.669. The quantitative estimate of drug-likeness (QED) is 0.340. The number of nitrogens with one attached hydrogen (secondary N) is 1. The number of benzene rings is 4. The Hall–Kier alpha value is -4.44. The molecule has 156 valence electrons. The van der Waals surface area contributed by atoms with Crippen molar-refractivity contribution in [2.45, 2.75) is 6.42 Å². The lowest BCUT2D eigenvalue weighted by atomic mass is 9.96. The molecule has 0 atom stereocenters. The van der Waals surface area contributed by atoms with E-state index in [0.717, 1.165) is 55.4 Å². The standard InChI is InChI=1S/C29H18N2O2/c32-29-30-24-15-19-11-10-18(17-6-2-1-3-7-17)14-23(19)27(24)28(31-29)20-12-13-22-21-8-4-5-9-25(21)33-26(22)16-20/h1-14,16H,15H2,(H,30,31,32). The van der Waals surface area contributed by atoms with Crippen molar-refractivity contribution in [2.75, 3.05) is 0 Å². The van der Waals surface area contributed by atoms with Gasteiger partial charge < -0.3 is 9.40 Å². The van der Waals surface area contributed by atoms with Crippen LogP contribution in [-0.4, -0.2) is 9.97 Å². The van der Waals surface area contributed by atoms with Gasteiger partial charge in [-0.15, -0.1) is 0 Å². The summed E-state index contributed by atoms with van der Waals surface area (Å²) in [5, 5.41) is 2.14. The maximum atomic E-state index is 12.5. The van der Waals surface area contributed by atoms with Crippen molar-refractivity contribution in [3.63, 3.8) is 0 Å².